The Bertz CT molecular complexity index is 1240. The zero-order valence-corrected chi connectivity index (χ0v) is 21.6. The molecule has 1 N–H and O–H groups in total. The molecule has 1 saturated carbocycles. The number of halogens is 1. The molecule has 5 rings (SSSR count). The summed E-state index contributed by atoms with van der Waals surface area (Å²) in [5.41, 5.74) is 1.99. The van der Waals surface area contributed by atoms with E-state index in [0.717, 1.165) is 37.2 Å². The average Bonchev–Trinajstić information content (AvgIpc) is 3.45. The maximum atomic E-state index is 14.7. The lowest BCUT2D eigenvalue weighted by Gasteiger charge is -2.40. The number of carbonyl (C=O) groups excluding carboxylic acids is 2. The lowest BCUT2D eigenvalue weighted by molar-refractivity contribution is -0.145. The number of benzene rings is 3. The first-order valence-electron chi connectivity index (χ1n) is 13.4. The van der Waals surface area contributed by atoms with Crippen LogP contribution < -0.4 is 10.2 Å². The van der Waals surface area contributed by atoms with Gasteiger partial charge < -0.3 is 19.9 Å². The van der Waals surface area contributed by atoms with Gasteiger partial charge in [-0.2, -0.15) is 0 Å². The van der Waals surface area contributed by atoms with E-state index in [9.17, 15) is 14.0 Å². The number of hydrogen-bond donors (Lipinski definition) is 1. The van der Waals surface area contributed by atoms with Crippen LogP contribution in [0, 0.1) is 5.82 Å². The topological polar surface area (TPSA) is 61.9 Å². The highest BCUT2D eigenvalue weighted by Gasteiger charge is 2.48. The Morgan fingerprint density at radius 1 is 0.895 bits per heavy atom. The third-order valence-corrected chi connectivity index (χ3v) is 7.66. The Hall–Kier alpha value is -3.71. The maximum Gasteiger partial charge on any atom is 0.250 e. The van der Waals surface area contributed by atoms with Crippen LogP contribution in [0.4, 0.5) is 15.8 Å². The van der Waals surface area contributed by atoms with Crippen LogP contribution in [0.1, 0.15) is 36.8 Å². The van der Waals surface area contributed by atoms with Crippen LogP contribution in [0.15, 0.2) is 78.9 Å². The molecule has 198 valence electrons. The van der Waals surface area contributed by atoms with Crippen molar-refractivity contribution in [2.75, 3.05) is 36.5 Å². The minimum Gasteiger partial charge on any atom is -0.378 e. The molecule has 2 fully saturated rings. The minimum atomic E-state index is -1.04. The van der Waals surface area contributed by atoms with Gasteiger partial charge >= 0.3 is 0 Å². The molecule has 1 heterocycles. The quantitative estimate of drug-likeness (QED) is 0.449. The lowest BCUT2D eigenvalue weighted by atomic mass is 9.91. The fraction of sp³-hybridized carbons (Fsp3) is 0.355. The third-order valence-electron chi connectivity index (χ3n) is 7.66. The van der Waals surface area contributed by atoms with Gasteiger partial charge in [-0.3, -0.25) is 9.59 Å². The van der Waals surface area contributed by atoms with E-state index in [1.807, 2.05) is 54.6 Å². The molecule has 1 aliphatic carbocycles. The number of nitrogens with one attached hydrogen (secondary N) is 1. The van der Waals surface area contributed by atoms with Gasteiger partial charge in [0.05, 0.1) is 19.6 Å². The fourth-order valence-electron chi connectivity index (χ4n) is 5.55. The molecule has 0 unspecified atom stereocenters. The van der Waals surface area contributed by atoms with Gasteiger partial charge in [0, 0.05) is 36.6 Å². The molecule has 7 heteroatoms. The Morgan fingerprint density at radius 2 is 1.55 bits per heavy atom. The van der Waals surface area contributed by atoms with Crippen molar-refractivity contribution in [3.8, 4) is 0 Å². The Morgan fingerprint density at radius 3 is 2.24 bits per heavy atom. The molecule has 38 heavy (non-hydrogen) atoms. The first-order chi connectivity index (χ1) is 18.5. The maximum absolute atomic E-state index is 14.7. The second-order valence-electron chi connectivity index (χ2n) is 10.1. The van der Waals surface area contributed by atoms with Gasteiger partial charge in [-0.15, -0.1) is 0 Å². The first kappa shape index (κ1) is 25.9. The number of morpholine rings is 1. The van der Waals surface area contributed by atoms with E-state index in [-0.39, 0.29) is 30.6 Å². The Kier molecular flexibility index (Phi) is 8.03. The zero-order valence-electron chi connectivity index (χ0n) is 21.6. The molecule has 1 aliphatic heterocycles. The summed E-state index contributed by atoms with van der Waals surface area (Å²) < 4.78 is 20.2. The van der Waals surface area contributed by atoms with Gasteiger partial charge in [-0.05, 0) is 48.7 Å². The van der Waals surface area contributed by atoms with Crippen LogP contribution in [-0.4, -0.2) is 48.6 Å². The summed E-state index contributed by atoms with van der Waals surface area (Å²) in [5.74, 6) is -0.775. The molecule has 1 saturated heterocycles. The highest BCUT2D eigenvalue weighted by Crippen LogP contribution is 2.38. The van der Waals surface area contributed by atoms with Gasteiger partial charge in [-0.1, -0.05) is 61.4 Å². The molecule has 0 bridgehead atoms. The van der Waals surface area contributed by atoms with Gasteiger partial charge in [0.1, 0.15) is 11.4 Å². The lowest BCUT2D eigenvalue weighted by Crippen LogP contribution is -2.57. The molecule has 3 aromatic rings. The molecule has 2 amide bonds. The van der Waals surface area contributed by atoms with Gasteiger partial charge in [0.2, 0.25) is 11.8 Å². The molecule has 0 aromatic heterocycles. The summed E-state index contributed by atoms with van der Waals surface area (Å²) in [6, 6.07) is 23.8. The highest BCUT2D eigenvalue weighted by atomic mass is 19.1. The molecular formula is C31H34FN3O3. The van der Waals surface area contributed by atoms with Crippen molar-refractivity contribution in [2.24, 2.45) is 0 Å². The monoisotopic (exact) mass is 515 g/mol. The fourth-order valence-corrected chi connectivity index (χ4v) is 5.55. The molecule has 2 aliphatic rings. The van der Waals surface area contributed by atoms with E-state index >= 15 is 0 Å². The number of nitrogens with zero attached hydrogens (tertiary/aromatic N) is 2. The highest BCUT2D eigenvalue weighted by molar-refractivity contribution is 6.01. The van der Waals surface area contributed by atoms with Crippen molar-refractivity contribution < 1.29 is 18.7 Å². The zero-order chi connectivity index (χ0) is 26.4. The van der Waals surface area contributed by atoms with Crippen molar-refractivity contribution in [2.45, 2.75) is 44.2 Å². The van der Waals surface area contributed by atoms with Crippen LogP contribution >= 0.6 is 0 Å². The van der Waals surface area contributed by atoms with E-state index in [1.54, 1.807) is 23.1 Å². The summed E-state index contributed by atoms with van der Waals surface area (Å²) in [6.07, 6.45) is 2.89. The van der Waals surface area contributed by atoms with Gasteiger partial charge in [0.15, 0.2) is 0 Å². The van der Waals surface area contributed by atoms with E-state index in [1.165, 1.54) is 6.07 Å². The van der Waals surface area contributed by atoms with Crippen molar-refractivity contribution in [1.29, 1.82) is 0 Å². The summed E-state index contributed by atoms with van der Waals surface area (Å²) in [7, 11) is 0. The van der Waals surface area contributed by atoms with E-state index in [0.29, 0.717) is 37.3 Å². The predicted molar refractivity (Wildman–Crippen MR) is 146 cm³/mol. The molecular weight excluding hydrogens is 481 g/mol. The molecule has 0 spiro atoms. The largest absolute Gasteiger partial charge is 0.378 e. The van der Waals surface area contributed by atoms with Crippen LogP contribution in [0.3, 0.4) is 0 Å². The van der Waals surface area contributed by atoms with E-state index < -0.39 is 5.54 Å². The summed E-state index contributed by atoms with van der Waals surface area (Å²) >= 11 is 0. The predicted octanol–water partition coefficient (Wildman–Crippen LogP) is 5.19. The van der Waals surface area contributed by atoms with Crippen molar-refractivity contribution in [1.82, 2.24) is 4.90 Å². The van der Waals surface area contributed by atoms with Gasteiger partial charge in [-0.25, -0.2) is 4.39 Å². The third kappa shape index (κ3) is 5.73. The number of rotatable bonds is 8. The van der Waals surface area contributed by atoms with Crippen LogP contribution in [0.25, 0.3) is 0 Å². The molecule has 0 radical (unpaired) electrons. The average molecular weight is 516 g/mol. The van der Waals surface area contributed by atoms with Gasteiger partial charge in [0.25, 0.3) is 0 Å². The summed E-state index contributed by atoms with van der Waals surface area (Å²) in [5, 5.41) is 3.08. The standard InChI is InChI=1S/C31H34FN3O3/c32-28-11-5-4-10-25(28)23-35(29(36)22-24-8-2-1-3-9-24)31(16-6-7-17-31)30(37)33-26-12-14-27(15-13-26)34-18-20-38-21-19-34/h1-5,8-15H,6-7,16-23H2,(H,33,37). The minimum absolute atomic E-state index is 0.0434. The summed E-state index contributed by atoms with van der Waals surface area (Å²) in [4.78, 5) is 31.7. The molecule has 0 atom stereocenters. The number of anilines is 2. The first-order valence-corrected chi connectivity index (χ1v) is 13.4. The van der Waals surface area contributed by atoms with E-state index in [2.05, 4.69) is 10.2 Å². The van der Waals surface area contributed by atoms with Crippen molar-refractivity contribution >= 4 is 23.2 Å². The SMILES string of the molecule is O=C(Cc1ccccc1)N(Cc1ccccc1F)C1(C(=O)Nc2ccc(N3CCOCC3)cc2)CCCC1. The van der Waals surface area contributed by atoms with Crippen molar-refractivity contribution in [3.63, 3.8) is 0 Å². The Labute approximate surface area is 223 Å². The smallest absolute Gasteiger partial charge is 0.250 e. The normalized spacial score (nSPS) is 16.7. The molecule has 3 aromatic carbocycles. The van der Waals surface area contributed by atoms with Crippen molar-refractivity contribution in [3.05, 3.63) is 95.8 Å². The Balaban J connectivity index is 1.41. The van der Waals surface area contributed by atoms with Crippen LogP contribution in [0.5, 0.6) is 0 Å². The second kappa shape index (κ2) is 11.8. The number of amides is 2. The van der Waals surface area contributed by atoms with E-state index in [4.69, 9.17) is 4.74 Å². The van der Waals surface area contributed by atoms with Crippen LogP contribution in [-0.2, 0) is 27.3 Å². The molecule has 6 nitrogen and oxygen atoms in total. The summed E-state index contributed by atoms with van der Waals surface area (Å²) in [6.45, 7) is 3.13. The number of ether oxygens (including phenoxy) is 1. The second-order valence-corrected chi connectivity index (χ2v) is 10.1. The van der Waals surface area contributed by atoms with Crippen LogP contribution in [0.2, 0.25) is 0 Å². The number of carbonyl (C=O) groups is 2. The number of hydrogen-bond acceptors (Lipinski definition) is 4.